The Bertz CT molecular complexity index is 1090. The fourth-order valence-corrected chi connectivity index (χ4v) is 3.68. The van der Waals surface area contributed by atoms with Gasteiger partial charge in [0, 0.05) is 17.5 Å². The number of hydrogen-bond acceptors (Lipinski definition) is 6. The fourth-order valence-electron chi connectivity index (χ4n) is 2.78. The van der Waals surface area contributed by atoms with Crippen molar-refractivity contribution in [1.29, 1.82) is 0 Å². The Hall–Kier alpha value is -3.20. The van der Waals surface area contributed by atoms with E-state index >= 15 is 0 Å². The summed E-state index contributed by atoms with van der Waals surface area (Å²) < 4.78 is 41.6. The van der Waals surface area contributed by atoms with Crippen LogP contribution in [0, 0.1) is 0 Å². The second-order valence-corrected chi connectivity index (χ2v) is 6.79. The Morgan fingerprint density at radius 2 is 1.97 bits per heavy atom. The molecule has 4 rings (SSSR count). The van der Waals surface area contributed by atoms with Crippen molar-refractivity contribution in [2.75, 3.05) is 13.3 Å². The van der Waals surface area contributed by atoms with Crippen molar-refractivity contribution in [3.05, 3.63) is 58.2 Å². The lowest BCUT2D eigenvalue weighted by Gasteiger charge is -2.07. The first kappa shape index (κ1) is 19.1. The lowest BCUT2D eigenvalue weighted by molar-refractivity contribution is -0.0498. The fraction of sp³-hybridized carbons (Fsp3) is 0.200. The van der Waals surface area contributed by atoms with Gasteiger partial charge in [0.2, 0.25) is 11.6 Å². The topological polar surface area (TPSA) is 57.3 Å². The zero-order valence-corrected chi connectivity index (χ0v) is 16.2. The second-order valence-electron chi connectivity index (χ2n) is 5.95. The van der Waals surface area contributed by atoms with E-state index in [2.05, 4.69) is 14.8 Å². The van der Waals surface area contributed by atoms with Crippen LogP contribution in [-0.4, -0.2) is 30.8 Å². The van der Waals surface area contributed by atoms with Crippen LogP contribution in [-0.2, 0) is 0 Å². The number of alkyl halides is 2. The molecular weight excluding hydrogens is 400 g/mol. The molecule has 0 amide bonds. The third-order valence-electron chi connectivity index (χ3n) is 4.07. The first-order chi connectivity index (χ1) is 14.1. The quantitative estimate of drug-likeness (QED) is 0.561. The van der Waals surface area contributed by atoms with E-state index in [1.807, 2.05) is 30.5 Å². The third kappa shape index (κ3) is 4.29. The molecule has 0 N–H and O–H groups in total. The number of hydrogen-bond donors (Lipinski definition) is 0. The van der Waals surface area contributed by atoms with Gasteiger partial charge in [-0.2, -0.15) is 13.9 Å². The molecule has 0 fully saturated rings. The molecule has 2 heterocycles. The predicted octanol–water partition coefficient (Wildman–Crippen LogP) is 4.35. The Morgan fingerprint density at radius 1 is 1.17 bits per heavy atom. The van der Waals surface area contributed by atoms with Gasteiger partial charge in [0.05, 0.1) is 11.9 Å². The minimum absolute atomic E-state index is 0.104. The summed E-state index contributed by atoms with van der Waals surface area (Å²) in [6.45, 7) is -0.0831. The van der Waals surface area contributed by atoms with Crippen molar-refractivity contribution in [2.24, 2.45) is 10.1 Å². The van der Waals surface area contributed by atoms with Crippen LogP contribution in [0.5, 0.6) is 17.2 Å². The smallest absolute Gasteiger partial charge is 0.387 e. The van der Waals surface area contributed by atoms with Gasteiger partial charge in [0.1, 0.15) is 5.75 Å². The number of thiazole rings is 1. The average Bonchev–Trinajstić information content (AvgIpc) is 3.33. The molecule has 1 aromatic heterocycles. The van der Waals surface area contributed by atoms with Crippen LogP contribution in [0.1, 0.15) is 12.5 Å². The first-order valence-electron chi connectivity index (χ1n) is 8.84. The summed E-state index contributed by atoms with van der Waals surface area (Å²) in [5.41, 5.74) is 2.45. The Balaban J connectivity index is 1.67. The minimum atomic E-state index is -2.85. The molecule has 0 saturated heterocycles. The van der Waals surface area contributed by atoms with Gasteiger partial charge in [0.15, 0.2) is 11.5 Å². The van der Waals surface area contributed by atoms with Crippen LogP contribution in [0.2, 0.25) is 0 Å². The number of nitrogens with zero attached hydrogens (tertiary/aromatic N) is 3. The molecule has 0 unspecified atom stereocenters. The maximum absolute atomic E-state index is 12.4. The molecule has 1 aliphatic rings. The summed E-state index contributed by atoms with van der Waals surface area (Å²) in [7, 11) is 0. The molecule has 0 atom stereocenters. The van der Waals surface area contributed by atoms with Gasteiger partial charge in [-0.25, -0.2) is 4.68 Å². The normalized spacial score (nSPS) is 13.6. The second kappa shape index (κ2) is 8.44. The zero-order valence-electron chi connectivity index (χ0n) is 15.4. The van der Waals surface area contributed by atoms with E-state index in [4.69, 9.17) is 9.47 Å². The number of halogens is 2. The van der Waals surface area contributed by atoms with Crippen LogP contribution in [0.3, 0.4) is 0 Å². The van der Waals surface area contributed by atoms with Crippen LogP contribution < -0.4 is 19.0 Å². The van der Waals surface area contributed by atoms with E-state index in [1.54, 1.807) is 23.0 Å². The number of fused-ring (bicyclic) bond motifs is 1. The van der Waals surface area contributed by atoms with Crippen molar-refractivity contribution in [3.63, 3.8) is 0 Å². The lowest BCUT2D eigenvalue weighted by Crippen LogP contribution is -2.12. The summed E-state index contributed by atoms with van der Waals surface area (Å²) in [4.78, 5) is 5.21. The van der Waals surface area contributed by atoms with Gasteiger partial charge in [0.25, 0.3) is 0 Å². The number of ether oxygens (including phenoxy) is 3. The van der Waals surface area contributed by atoms with Crippen molar-refractivity contribution in [3.8, 4) is 28.5 Å². The summed E-state index contributed by atoms with van der Waals surface area (Å²) in [5.74, 6) is 1.49. The zero-order chi connectivity index (χ0) is 20.2. The molecule has 150 valence electrons. The highest BCUT2D eigenvalue weighted by atomic mass is 32.1. The standard InChI is InChI=1S/C20H17F2N3O3S/c1-2-23-20-25(24-10-13-3-8-17-18(9-13)27-12-26-17)16(11-29-20)14-4-6-15(7-5-14)28-19(21)22/h3-11,19H,2,12H2,1H3/b23-20?,24-10+. The summed E-state index contributed by atoms with van der Waals surface area (Å²) in [6, 6.07) is 12.0. The maximum Gasteiger partial charge on any atom is 0.387 e. The van der Waals surface area contributed by atoms with Crippen LogP contribution >= 0.6 is 11.3 Å². The van der Waals surface area contributed by atoms with Gasteiger partial charge < -0.3 is 14.2 Å². The van der Waals surface area contributed by atoms with Crippen molar-refractivity contribution < 1.29 is 23.0 Å². The van der Waals surface area contributed by atoms with Gasteiger partial charge in [-0.3, -0.25) is 4.99 Å². The molecule has 1 aliphatic heterocycles. The Morgan fingerprint density at radius 3 is 2.72 bits per heavy atom. The number of benzene rings is 2. The molecule has 29 heavy (non-hydrogen) atoms. The van der Waals surface area contributed by atoms with Crippen LogP contribution in [0.4, 0.5) is 8.78 Å². The highest BCUT2D eigenvalue weighted by Crippen LogP contribution is 2.32. The van der Waals surface area contributed by atoms with E-state index in [-0.39, 0.29) is 12.5 Å². The van der Waals surface area contributed by atoms with Gasteiger partial charge >= 0.3 is 6.61 Å². The first-order valence-corrected chi connectivity index (χ1v) is 9.72. The largest absolute Gasteiger partial charge is 0.454 e. The SMILES string of the molecule is CCN=c1scc(-c2ccc(OC(F)F)cc2)n1/N=C/c1ccc2c(c1)OCO2. The Labute approximate surface area is 169 Å². The number of rotatable bonds is 6. The summed E-state index contributed by atoms with van der Waals surface area (Å²) >= 11 is 1.45. The van der Waals surface area contributed by atoms with E-state index in [9.17, 15) is 8.78 Å². The van der Waals surface area contributed by atoms with Crippen LogP contribution in [0.15, 0.2) is 57.9 Å². The van der Waals surface area contributed by atoms with E-state index < -0.39 is 6.61 Å². The Kier molecular flexibility index (Phi) is 5.57. The molecule has 0 saturated carbocycles. The molecule has 9 heteroatoms. The van der Waals surface area contributed by atoms with Crippen LogP contribution in [0.25, 0.3) is 11.3 Å². The highest BCUT2D eigenvalue weighted by Gasteiger charge is 2.13. The van der Waals surface area contributed by atoms with Crippen molar-refractivity contribution in [1.82, 2.24) is 4.68 Å². The molecule has 3 aromatic rings. The summed E-state index contributed by atoms with van der Waals surface area (Å²) in [6.07, 6.45) is 1.71. The van der Waals surface area contributed by atoms with E-state index in [0.29, 0.717) is 18.0 Å². The van der Waals surface area contributed by atoms with Crippen molar-refractivity contribution in [2.45, 2.75) is 13.5 Å². The summed E-state index contributed by atoms with van der Waals surface area (Å²) in [5, 5.41) is 6.51. The van der Waals surface area contributed by atoms with E-state index in [0.717, 1.165) is 21.6 Å². The van der Waals surface area contributed by atoms with Crippen molar-refractivity contribution >= 4 is 17.6 Å². The highest BCUT2D eigenvalue weighted by molar-refractivity contribution is 7.07. The molecule has 0 bridgehead atoms. The molecule has 0 spiro atoms. The number of aromatic nitrogens is 1. The minimum Gasteiger partial charge on any atom is -0.454 e. The molecule has 0 aliphatic carbocycles. The monoisotopic (exact) mass is 417 g/mol. The molecule has 0 radical (unpaired) electrons. The maximum atomic E-state index is 12.4. The predicted molar refractivity (Wildman–Crippen MR) is 106 cm³/mol. The lowest BCUT2D eigenvalue weighted by atomic mass is 10.2. The average molecular weight is 417 g/mol. The molecule has 2 aromatic carbocycles. The molecule has 6 nitrogen and oxygen atoms in total. The molecular formula is C20H17F2N3O3S. The van der Waals surface area contributed by atoms with E-state index in [1.165, 1.54) is 23.5 Å². The van der Waals surface area contributed by atoms with Gasteiger partial charge in [-0.1, -0.05) is 0 Å². The van der Waals surface area contributed by atoms with Gasteiger partial charge in [-0.05, 0) is 55.0 Å². The van der Waals surface area contributed by atoms with Gasteiger partial charge in [-0.15, -0.1) is 11.3 Å². The third-order valence-corrected chi connectivity index (χ3v) is 4.93.